The van der Waals surface area contributed by atoms with Crippen LogP contribution in [0.2, 0.25) is 0 Å². The molecule has 0 unspecified atom stereocenters. The van der Waals surface area contributed by atoms with Crippen molar-refractivity contribution >= 4 is 22.6 Å². The largest absolute Gasteiger partial charge is 0.396 e. The predicted molar refractivity (Wildman–Crippen MR) is 80.1 cm³/mol. The summed E-state index contributed by atoms with van der Waals surface area (Å²) in [6.45, 7) is 4.38. The SMILES string of the molecule is CCC[C@@]1(CO)CCCN(c2nc(N(C)C)ns2)C1. The molecule has 1 saturated heterocycles. The Balaban J connectivity index is 2.11. The van der Waals surface area contributed by atoms with E-state index in [4.69, 9.17) is 0 Å². The Morgan fingerprint density at radius 3 is 2.84 bits per heavy atom. The smallest absolute Gasteiger partial charge is 0.238 e. The average molecular weight is 284 g/mol. The molecule has 0 aliphatic carbocycles. The fraction of sp³-hybridized carbons (Fsp3) is 0.846. The Bertz CT molecular complexity index is 405. The van der Waals surface area contributed by atoms with Gasteiger partial charge in [-0.25, -0.2) is 0 Å². The number of aliphatic hydroxyl groups excluding tert-OH is 1. The van der Waals surface area contributed by atoms with E-state index in [1.54, 1.807) is 0 Å². The van der Waals surface area contributed by atoms with E-state index in [1.165, 1.54) is 11.5 Å². The lowest BCUT2D eigenvalue weighted by atomic mass is 9.77. The van der Waals surface area contributed by atoms with Crippen LogP contribution in [0.15, 0.2) is 0 Å². The van der Waals surface area contributed by atoms with Gasteiger partial charge in [0, 0.05) is 44.1 Å². The number of anilines is 2. The Hall–Kier alpha value is -0.880. The molecule has 19 heavy (non-hydrogen) atoms. The van der Waals surface area contributed by atoms with E-state index in [0.717, 1.165) is 49.9 Å². The van der Waals surface area contributed by atoms with Crippen LogP contribution in [-0.2, 0) is 0 Å². The number of piperidine rings is 1. The predicted octanol–water partition coefficient (Wildman–Crippen LogP) is 1.98. The van der Waals surface area contributed by atoms with Crippen LogP contribution >= 0.6 is 11.5 Å². The summed E-state index contributed by atoms with van der Waals surface area (Å²) in [4.78, 5) is 8.79. The fourth-order valence-corrected chi connectivity index (χ4v) is 3.59. The molecule has 0 spiro atoms. The highest BCUT2D eigenvalue weighted by Crippen LogP contribution is 2.36. The minimum absolute atomic E-state index is 0.0525. The summed E-state index contributed by atoms with van der Waals surface area (Å²) in [7, 11) is 3.91. The van der Waals surface area contributed by atoms with Gasteiger partial charge < -0.3 is 14.9 Å². The maximum Gasteiger partial charge on any atom is 0.238 e. The monoisotopic (exact) mass is 284 g/mol. The van der Waals surface area contributed by atoms with E-state index in [2.05, 4.69) is 21.2 Å². The minimum Gasteiger partial charge on any atom is -0.396 e. The Morgan fingerprint density at radius 1 is 1.47 bits per heavy atom. The number of rotatable bonds is 5. The lowest BCUT2D eigenvalue weighted by molar-refractivity contribution is 0.0954. The van der Waals surface area contributed by atoms with Gasteiger partial charge in [0.05, 0.1) is 6.61 Å². The highest BCUT2D eigenvalue weighted by Gasteiger charge is 2.35. The molecule has 1 aromatic heterocycles. The molecule has 1 atom stereocenters. The van der Waals surface area contributed by atoms with Gasteiger partial charge in [0.15, 0.2) is 0 Å². The first-order valence-corrected chi connectivity index (χ1v) is 7.74. The summed E-state index contributed by atoms with van der Waals surface area (Å²) in [5.41, 5.74) is 0.0525. The molecule has 0 radical (unpaired) electrons. The Morgan fingerprint density at radius 2 is 2.26 bits per heavy atom. The topological polar surface area (TPSA) is 52.5 Å². The van der Waals surface area contributed by atoms with Gasteiger partial charge in [-0.3, -0.25) is 0 Å². The zero-order valence-corrected chi connectivity index (χ0v) is 12.9. The summed E-state index contributed by atoms with van der Waals surface area (Å²) >= 11 is 1.46. The van der Waals surface area contributed by atoms with Crippen LogP contribution in [-0.4, -0.2) is 48.3 Å². The fourth-order valence-electron chi connectivity index (χ4n) is 2.83. The summed E-state index contributed by atoms with van der Waals surface area (Å²) in [6, 6.07) is 0. The first-order chi connectivity index (χ1) is 9.10. The molecule has 1 aliphatic heterocycles. The Kier molecular flexibility index (Phi) is 4.62. The van der Waals surface area contributed by atoms with Crippen molar-refractivity contribution in [1.29, 1.82) is 0 Å². The number of aliphatic hydroxyl groups is 1. The third-order valence-corrected chi connectivity index (χ3v) is 4.62. The molecule has 6 heteroatoms. The summed E-state index contributed by atoms with van der Waals surface area (Å²) < 4.78 is 4.36. The molecule has 1 aromatic rings. The highest BCUT2D eigenvalue weighted by molar-refractivity contribution is 7.09. The van der Waals surface area contributed by atoms with Crippen molar-refractivity contribution in [1.82, 2.24) is 9.36 Å². The van der Waals surface area contributed by atoms with Crippen LogP contribution < -0.4 is 9.80 Å². The first-order valence-electron chi connectivity index (χ1n) is 6.97. The molecule has 0 saturated carbocycles. The summed E-state index contributed by atoms with van der Waals surface area (Å²) in [5.74, 6) is 0.774. The first kappa shape index (κ1) is 14.5. The third-order valence-electron chi connectivity index (χ3n) is 3.85. The van der Waals surface area contributed by atoms with Crippen molar-refractivity contribution in [2.45, 2.75) is 32.6 Å². The lowest BCUT2D eigenvalue weighted by Crippen LogP contribution is -2.45. The highest BCUT2D eigenvalue weighted by atomic mass is 32.1. The van der Waals surface area contributed by atoms with E-state index in [9.17, 15) is 5.11 Å². The molecule has 5 nitrogen and oxygen atoms in total. The van der Waals surface area contributed by atoms with E-state index in [0.29, 0.717) is 0 Å². The van der Waals surface area contributed by atoms with Crippen molar-refractivity contribution in [3.8, 4) is 0 Å². The number of hydrogen-bond donors (Lipinski definition) is 1. The molecule has 0 amide bonds. The number of hydrogen-bond acceptors (Lipinski definition) is 6. The molecule has 1 fully saturated rings. The van der Waals surface area contributed by atoms with Crippen LogP contribution in [0.1, 0.15) is 32.6 Å². The van der Waals surface area contributed by atoms with Crippen molar-refractivity contribution in [2.24, 2.45) is 5.41 Å². The molecular formula is C13H24N4OS. The molecule has 1 aliphatic rings. The maximum atomic E-state index is 9.76. The van der Waals surface area contributed by atoms with Crippen molar-refractivity contribution in [3.63, 3.8) is 0 Å². The van der Waals surface area contributed by atoms with Gasteiger partial charge in [-0.15, -0.1) is 0 Å². The number of aromatic nitrogens is 2. The van der Waals surface area contributed by atoms with Crippen molar-refractivity contribution in [2.75, 3.05) is 43.6 Å². The van der Waals surface area contributed by atoms with Crippen molar-refractivity contribution < 1.29 is 5.11 Å². The van der Waals surface area contributed by atoms with Gasteiger partial charge in [-0.05, 0) is 19.3 Å². The average Bonchev–Trinajstić information content (AvgIpc) is 2.89. The Labute approximate surface area is 119 Å². The second-order valence-electron chi connectivity index (χ2n) is 5.70. The van der Waals surface area contributed by atoms with Crippen molar-refractivity contribution in [3.05, 3.63) is 0 Å². The standard InChI is InChI=1S/C13H24N4OS/c1-4-6-13(10-18)7-5-8-17(9-13)12-14-11(15-19-12)16(2)3/h18H,4-10H2,1-3H3/t13-/m1/s1. The number of nitrogens with zero attached hydrogens (tertiary/aromatic N) is 4. The zero-order valence-electron chi connectivity index (χ0n) is 12.1. The van der Waals surface area contributed by atoms with Crippen LogP contribution in [0.5, 0.6) is 0 Å². The summed E-state index contributed by atoms with van der Waals surface area (Å²) in [5, 5.41) is 10.7. The van der Waals surface area contributed by atoms with Gasteiger partial charge in [-0.2, -0.15) is 9.36 Å². The lowest BCUT2D eigenvalue weighted by Gasteiger charge is -2.41. The third kappa shape index (κ3) is 3.17. The quantitative estimate of drug-likeness (QED) is 0.896. The molecule has 1 N–H and O–H groups in total. The van der Waals surface area contributed by atoms with Gasteiger partial charge >= 0.3 is 0 Å². The molecular weight excluding hydrogens is 260 g/mol. The maximum absolute atomic E-state index is 9.76. The van der Waals surface area contributed by atoms with Gasteiger partial charge in [0.1, 0.15) is 0 Å². The second kappa shape index (κ2) is 6.05. The normalized spacial score (nSPS) is 23.7. The van der Waals surface area contributed by atoms with E-state index < -0.39 is 0 Å². The van der Waals surface area contributed by atoms with Crippen LogP contribution in [0.4, 0.5) is 11.1 Å². The summed E-state index contributed by atoms with van der Waals surface area (Å²) in [6.07, 6.45) is 4.44. The second-order valence-corrected chi connectivity index (χ2v) is 6.43. The molecule has 2 heterocycles. The molecule has 2 rings (SSSR count). The zero-order chi connectivity index (χ0) is 13.9. The van der Waals surface area contributed by atoms with E-state index >= 15 is 0 Å². The van der Waals surface area contributed by atoms with Crippen LogP contribution in [0, 0.1) is 5.41 Å². The molecule has 108 valence electrons. The van der Waals surface area contributed by atoms with E-state index in [1.807, 2.05) is 19.0 Å². The molecule has 0 aromatic carbocycles. The molecule has 0 bridgehead atoms. The van der Waals surface area contributed by atoms with E-state index in [-0.39, 0.29) is 12.0 Å². The van der Waals surface area contributed by atoms with Gasteiger partial charge in [-0.1, -0.05) is 13.3 Å². The van der Waals surface area contributed by atoms with Crippen LogP contribution in [0.25, 0.3) is 0 Å². The minimum atomic E-state index is 0.0525. The van der Waals surface area contributed by atoms with Crippen LogP contribution in [0.3, 0.4) is 0 Å². The van der Waals surface area contributed by atoms with Gasteiger partial charge in [0.2, 0.25) is 11.1 Å². The van der Waals surface area contributed by atoms with Gasteiger partial charge in [0.25, 0.3) is 0 Å².